The number of fused-ring (bicyclic) bond motifs is 1. The summed E-state index contributed by atoms with van der Waals surface area (Å²) in [6.45, 7) is 1.86. The number of aromatic nitrogens is 1. The molecule has 0 fully saturated rings. The van der Waals surface area contributed by atoms with Crippen molar-refractivity contribution < 1.29 is 15.0 Å². The second-order valence-corrected chi connectivity index (χ2v) is 4.11. The molecular formula is C12H14N2O3. The fourth-order valence-corrected chi connectivity index (χ4v) is 1.95. The summed E-state index contributed by atoms with van der Waals surface area (Å²) in [5.41, 5.74) is 8.08. The topological polar surface area (TPSA) is 99.3 Å². The van der Waals surface area contributed by atoms with Gasteiger partial charge in [0.25, 0.3) is 0 Å². The number of carboxylic acid groups (broad SMARTS) is 1. The van der Waals surface area contributed by atoms with E-state index < -0.39 is 12.0 Å². The standard InChI is InChI=1S/C12H14N2O3/c1-6-9(5-10(13)12(16)17)8-3-2-7(15)4-11(8)14-6/h2-4,10,14-15H,5,13H2,1H3,(H,16,17). The number of aromatic amines is 1. The summed E-state index contributed by atoms with van der Waals surface area (Å²) in [4.78, 5) is 13.9. The Balaban J connectivity index is 2.46. The highest BCUT2D eigenvalue weighted by Crippen LogP contribution is 2.26. The molecule has 5 heteroatoms. The van der Waals surface area contributed by atoms with Gasteiger partial charge in [-0.05, 0) is 24.6 Å². The maximum Gasteiger partial charge on any atom is 0.320 e. The lowest BCUT2D eigenvalue weighted by atomic mass is 10.0. The zero-order valence-electron chi connectivity index (χ0n) is 9.40. The van der Waals surface area contributed by atoms with E-state index in [1.807, 2.05) is 6.92 Å². The third-order valence-corrected chi connectivity index (χ3v) is 2.84. The number of aromatic hydroxyl groups is 1. The molecule has 90 valence electrons. The number of hydrogen-bond acceptors (Lipinski definition) is 3. The molecule has 1 heterocycles. The normalized spacial score (nSPS) is 12.8. The molecule has 0 saturated carbocycles. The summed E-state index contributed by atoms with van der Waals surface area (Å²) in [5, 5.41) is 19.1. The number of hydrogen-bond donors (Lipinski definition) is 4. The number of rotatable bonds is 3. The Labute approximate surface area is 97.9 Å². The minimum Gasteiger partial charge on any atom is -0.508 e. The zero-order chi connectivity index (χ0) is 12.6. The van der Waals surface area contributed by atoms with Crippen LogP contribution < -0.4 is 5.73 Å². The highest BCUT2D eigenvalue weighted by Gasteiger charge is 2.17. The third kappa shape index (κ3) is 2.09. The fraction of sp³-hybridized carbons (Fsp3) is 0.250. The van der Waals surface area contributed by atoms with Gasteiger partial charge in [-0.25, -0.2) is 0 Å². The molecule has 5 N–H and O–H groups in total. The van der Waals surface area contributed by atoms with Crippen LogP contribution in [0.2, 0.25) is 0 Å². The summed E-state index contributed by atoms with van der Waals surface area (Å²) >= 11 is 0. The van der Waals surface area contributed by atoms with Crippen LogP contribution in [0.4, 0.5) is 0 Å². The molecule has 2 rings (SSSR count). The highest BCUT2D eigenvalue weighted by atomic mass is 16.4. The molecule has 0 aliphatic carbocycles. The average molecular weight is 234 g/mol. The number of benzene rings is 1. The molecule has 0 amide bonds. The van der Waals surface area contributed by atoms with Crippen molar-refractivity contribution in [1.82, 2.24) is 4.98 Å². The van der Waals surface area contributed by atoms with Gasteiger partial charge in [-0.15, -0.1) is 0 Å². The summed E-state index contributed by atoms with van der Waals surface area (Å²) in [6, 6.07) is 4.03. The first-order chi connectivity index (χ1) is 7.99. The monoisotopic (exact) mass is 234 g/mol. The Hall–Kier alpha value is -2.01. The van der Waals surface area contributed by atoms with E-state index in [2.05, 4.69) is 4.98 Å². The van der Waals surface area contributed by atoms with Gasteiger partial charge in [-0.1, -0.05) is 0 Å². The number of nitrogens with one attached hydrogen (secondary N) is 1. The molecule has 0 radical (unpaired) electrons. The minimum atomic E-state index is -1.02. The molecule has 1 atom stereocenters. The first kappa shape index (κ1) is 11.5. The van der Waals surface area contributed by atoms with Gasteiger partial charge in [0, 0.05) is 29.1 Å². The molecule has 0 saturated heterocycles. The first-order valence-corrected chi connectivity index (χ1v) is 5.27. The van der Waals surface area contributed by atoms with Crippen molar-refractivity contribution in [2.24, 2.45) is 5.73 Å². The number of aliphatic carboxylic acids is 1. The largest absolute Gasteiger partial charge is 0.508 e. The lowest BCUT2D eigenvalue weighted by Crippen LogP contribution is -2.32. The van der Waals surface area contributed by atoms with Crippen molar-refractivity contribution in [2.75, 3.05) is 0 Å². The van der Waals surface area contributed by atoms with Crippen molar-refractivity contribution in [3.63, 3.8) is 0 Å². The zero-order valence-corrected chi connectivity index (χ0v) is 9.40. The Morgan fingerprint density at radius 1 is 1.53 bits per heavy atom. The Morgan fingerprint density at radius 2 is 2.24 bits per heavy atom. The lowest BCUT2D eigenvalue weighted by Gasteiger charge is -2.06. The second-order valence-electron chi connectivity index (χ2n) is 4.11. The fourth-order valence-electron chi connectivity index (χ4n) is 1.95. The van der Waals surface area contributed by atoms with Crippen LogP contribution in [0.5, 0.6) is 5.75 Å². The van der Waals surface area contributed by atoms with E-state index in [-0.39, 0.29) is 12.2 Å². The van der Waals surface area contributed by atoms with Gasteiger partial charge in [0.15, 0.2) is 0 Å². The Bertz CT molecular complexity index is 574. The summed E-state index contributed by atoms with van der Waals surface area (Å²) in [7, 11) is 0. The van der Waals surface area contributed by atoms with Gasteiger partial charge in [-0.3, -0.25) is 4.79 Å². The van der Waals surface area contributed by atoms with E-state index >= 15 is 0 Å². The summed E-state index contributed by atoms with van der Waals surface area (Å²) in [5.74, 6) is -0.842. The number of phenolic OH excluding ortho intramolecular Hbond substituents is 1. The number of carboxylic acids is 1. The van der Waals surface area contributed by atoms with E-state index in [4.69, 9.17) is 10.8 Å². The molecule has 1 aromatic carbocycles. The molecule has 0 aliphatic heterocycles. The second kappa shape index (κ2) is 4.10. The molecule has 5 nitrogen and oxygen atoms in total. The molecule has 0 spiro atoms. The lowest BCUT2D eigenvalue weighted by molar-refractivity contribution is -0.138. The minimum absolute atomic E-state index is 0.174. The van der Waals surface area contributed by atoms with Crippen LogP contribution in [-0.4, -0.2) is 27.2 Å². The summed E-state index contributed by atoms with van der Waals surface area (Å²) < 4.78 is 0. The number of carbonyl (C=O) groups is 1. The van der Waals surface area contributed by atoms with E-state index in [1.54, 1.807) is 18.2 Å². The van der Waals surface area contributed by atoms with Gasteiger partial charge in [0.2, 0.25) is 0 Å². The van der Waals surface area contributed by atoms with Crippen LogP contribution in [0, 0.1) is 6.92 Å². The van der Waals surface area contributed by atoms with Crippen molar-refractivity contribution in [1.29, 1.82) is 0 Å². The Morgan fingerprint density at radius 3 is 2.88 bits per heavy atom. The Kier molecular flexibility index (Phi) is 2.77. The van der Waals surface area contributed by atoms with Crippen LogP contribution in [0.1, 0.15) is 11.3 Å². The molecule has 0 bridgehead atoms. The SMILES string of the molecule is Cc1[nH]c2cc(O)ccc2c1CC(N)C(=O)O. The van der Waals surface area contributed by atoms with Gasteiger partial charge >= 0.3 is 5.97 Å². The van der Waals surface area contributed by atoms with Crippen LogP contribution in [0.15, 0.2) is 18.2 Å². The third-order valence-electron chi connectivity index (χ3n) is 2.84. The average Bonchev–Trinajstić information content (AvgIpc) is 2.54. The maximum absolute atomic E-state index is 10.8. The molecular weight excluding hydrogens is 220 g/mol. The summed E-state index contributed by atoms with van der Waals surface area (Å²) in [6.07, 6.45) is 0.270. The predicted molar refractivity (Wildman–Crippen MR) is 64.0 cm³/mol. The molecule has 1 aromatic heterocycles. The molecule has 1 unspecified atom stereocenters. The molecule has 0 aliphatic rings. The smallest absolute Gasteiger partial charge is 0.320 e. The van der Waals surface area contributed by atoms with E-state index in [9.17, 15) is 9.90 Å². The van der Waals surface area contributed by atoms with Gasteiger partial charge in [-0.2, -0.15) is 0 Å². The van der Waals surface area contributed by atoms with Crippen LogP contribution >= 0.6 is 0 Å². The highest BCUT2D eigenvalue weighted by molar-refractivity contribution is 5.86. The van der Waals surface area contributed by atoms with Crippen LogP contribution in [0.25, 0.3) is 10.9 Å². The van der Waals surface area contributed by atoms with Crippen molar-refractivity contribution >= 4 is 16.9 Å². The number of phenols is 1. The number of nitrogens with two attached hydrogens (primary N) is 1. The quantitative estimate of drug-likeness (QED) is 0.639. The molecule has 2 aromatic rings. The van der Waals surface area contributed by atoms with Gasteiger partial charge < -0.3 is 20.9 Å². The van der Waals surface area contributed by atoms with Crippen LogP contribution in [0.3, 0.4) is 0 Å². The van der Waals surface area contributed by atoms with Gasteiger partial charge in [0.1, 0.15) is 11.8 Å². The number of H-pyrrole nitrogens is 1. The van der Waals surface area contributed by atoms with Crippen LogP contribution in [-0.2, 0) is 11.2 Å². The van der Waals surface area contributed by atoms with E-state index in [0.29, 0.717) is 0 Å². The van der Waals surface area contributed by atoms with Crippen molar-refractivity contribution in [3.8, 4) is 5.75 Å². The molecule has 17 heavy (non-hydrogen) atoms. The first-order valence-electron chi connectivity index (χ1n) is 5.27. The predicted octanol–water partition coefficient (Wildman–Crippen LogP) is 1.14. The van der Waals surface area contributed by atoms with Gasteiger partial charge in [0.05, 0.1) is 0 Å². The van der Waals surface area contributed by atoms with Crippen molar-refractivity contribution in [2.45, 2.75) is 19.4 Å². The maximum atomic E-state index is 10.8. The van der Waals surface area contributed by atoms with Crippen molar-refractivity contribution in [3.05, 3.63) is 29.5 Å². The van der Waals surface area contributed by atoms with E-state index in [0.717, 1.165) is 22.2 Å². The number of aryl methyl sites for hydroxylation is 1. The van der Waals surface area contributed by atoms with E-state index in [1.165, 1.54) is 0 Å².